The molecule has 0 fully saturated rings. The minimum atomic E-state index is -0.973. The van der Waals surface area contributed by atoms with E-state index in [2.05, 4.69) is 0 Å². The van der Waals surface area contributed by atoms with Crippen LogP contribution in [-0.2, 0) is 5.88 Å². The molecule has 0 aliphatic carbocycles. The van der Waals surface area contributed by atoms with Gasteiger partial charge in [0.25, 0.3) is 0 Å². The van der Waals surface area contributed by atoms with Gasteiger partial charge in [-0.25, -0.2) is 8.78 Å². The summed E-state index contributed by atoms with van der Waals surface area (Å²) in [5, 5.41) is 10.8. The summed E-state index contributed by atoms with van der Waals surface area (Å²) >= 11 is 5.49. The molecule has 0 amide bonds. The first kappa shape index (κ1) is 14.2. The Morgan fingerprint density at radius 2 is 1.80 bits per heavy atom. The van der Waals surface area contributed by atoms with E-state index < -0.39 is 22.3 Å². The van der Waals surface area contributed by atoms with Crippen molar-refractivity contribution in [3.05, 3.63) is 63.7 Å². The van der Waals surface area contributed by atoms with E-state index in [1.54, 1.807) is 0 Å². The van der Waals surface area contributed by atoms with Gasteiger partial charge in [0.1, 0.15) is 0 Å². The molecule has 0 heterocycles. The summed E-state index contributed by atoms with van der Waals surface area (Å²) < 4.78 is 32.4. The average molecular weight is 300 g/mol. The number of benzene rings is 2. The second-order valence-corrected chi connectivity index (χ2v) is 4.12. The van der Waals surface area contributed by atoms with Crippen molar-refractivity contribution in [1.29, 1.82) is 0 Å². The van der Waals surface area contributed by atoms with E-state index in [1.807, 2.05) is 0 Å². The second-order valence-electron chi connectivity index (χ2n) is 3.85. The molecule has 4 nitrogen and oxygen atoms in total. The molecular formula is C13H8ClF2NO3. The lowest BCUT2D eigenvalue weighted by Gasteiger charge is -2.09. The Hall–Kier alpha value is -2.21. The molecule has 0 bridgehead atoms. The molecule has 0 aliphatic heterocycles. The van der Waals surface area contributed by atoms with Crippen molar-refractivity contribution in [2.24, 2.45) is 0 Å². The lowest BCUT2D eigenvalue weighted by molar-refractivity contribution is -0.385. The summed E-state index contributed by atoms with van der Waals surface area (Å²) in [4.78, 5) is 10.1. The number of hydrogen-bond donors (Lipinski definition) is 0. The third-order valence-electron chi connectivity index (χ3n) is 2.49. The minimum Gasteiger partial charge on any atom is -0.444 e. The number of ether oxygens (including phenoxy) is 1. The largest absolute Gasteiger partial charge is 0.444 e. The summed E-state index contributed by atoms with van der Waals surface area (Å²) in [6.45, 7) is 0. The van der Waals surface area contributed by atoms with E-state index >= 15 is 0 Å². The molecule has 0 saturated carbocycles. The molecule has 2 aromatic carbocycles. The van der Waals surface area contributed by atoms with Crippen LogP contribution in [0, 0.1) is 21.7 Å². The molecule has 0 atom stereocenters. The van der Waals surface area contributed by atoms with Gasteiger partial charge in [-0.05, 0) is 23.8 Å². The van der Waals surface area contributed by atoms with Crippen molar-refractivity contribution >= 4 is 17.3 Å². The number of alkyl halides is 1. The number of nitrogens with zero attached hydrogens (tertiary/aromatic N) is 1. The highest BCUT2D eigenvalue weighted by molar-refractivity contribution is 6.17. The molecule has 0 unspecified atom stereocenters. The van der Waals surface area contributed by atoms with Gasteiger partial charge >= 0.3 is 5.69 Å². The zero-order valence-corrected chi connectivity index (χ0v) is 10.7. The first-order valence-electron chi connectivity index (χ1n) is 5.48. The highest BCUT2D eigenvalue weighted by Crippen LogP contribution is 2.34. The average Bonchev–Trinajstić information content (AvgIpc) is 2.42. The Labute approximate surface area is 117 Å². The zero-order valence-electron chi connectivity index (χ0n) is 9.98. The Kier molecular flexibility index (Phi) is 4.14. The van der Waals surface area contributed by atoms with E-state index in [1.165, 1.54) is 24.3 Å². The molecular weight excluding hydrogens is 292 g/mol. The Balaban J connectivity index is 2.43. The molecule has 0 N–H and O–H groups in total. The minimum absolute atomic E-state index is 0.0559. The van der Waals surface area contributed by atoms with Crippen LogP contribution < -0.4 is 4.74 Å². The van der Waals surface area contributed by atoms with E-state index in [0.29, 0.717) is 0 Å². The molecule has 20 heavy (non-hydrogen) atoms. The molecule has 2 aromatic rings. The molecule has 104 valence electrons. The van der Waals surface area contributed by atoms with Gasteiger partial charge in [-0.15, -0.1) is 11.6 Å². The van der Waals surface area contributed by atoms with Crippen LogP contribution in [0.2, 0.25) is 0 Å². The summed E-state index contributed by atoms with van der Waals surface area (Å²) in [7, 11) is 0. The molecule has 0 aliphatic rings. The topological polar surface area (TPSA) is 52.4 Å². The number of para-hydroxylation sites is 2. The number of nitro groups is 1. The fraction of sp³-hybridized carbons (Fsp3) is 0.0769. The molecule has 0 spiro atoms. The highest BCUT2D eigenvalue weighted by Gasteiger charge is 2.19. The van der Waals surface area contributed by atoms with Gasteiger partial charge in [0.05, 0.1) is 4.92 Å². The van der Waals surface area contributed by atoms with E-state index in [0.717, 1.165) is 12.1 Å². The monoisotopic (exact) mass is 299 g/mol. The number of nitro benzene ring substituents is 1. The first-order chi connectivity index (χ1) is 9.52. The van der Waals surface area contributed by atoms with Gasteiger partial charge < -0.3 is 4.74 Å². The Bertz CT molecular complexity index is 641. The van der Waals surface area contributed by atoms with Gasteiger partial charge in [0.2, 0.25) is 5.75 Å². The number of hydrogen-bond acceptors (Lipinski definition) is 3. The standard InChI is InChI=1S/C13H8ClF2NO3/c14-7-8-5-9(15)13(10(16)6-8)20-12-4-2-1-3-11(12)17(18)19/h1-6H,7H2. The van der Waals surface area contributed by atoms with E-state index in [-0.39, 0.29) is 22.9 Å². The maximum atomic E-state index is 13.7. The second kappa shape index (κ2) is 5.83. The van der Waals surface area contributed by atoms with Gasteiger partial charge in [-0.2, -0.15) is 0 Å². The van der Waals surface area contributed by atoms with Crippen molar-refractivity contribution in [2.45, 2.75) is 5.88 Å². The molecule has 2 rings (SSSR count). The number of rotatable bonds is 4. The van der Waals surface area contributed by atoms with Crippen molar-refractivity contribution in [1.82, 2.24) is 0 Å². The van der Waals surface area contributed by atoms with Crippen molar-refractivity contribution in [2.75, 3.05) is 0 Å². The van der Waals surface area contributed by atoms with Gasteiger partial charge in [0.15, 0.2) is 17.4 Å². The number of halogens is 3. The van der Waals surface area contributed by atoms with Crippen molar-refractivity contribution in [3.8, 4) is 11.5 Å². The lowest BCUT2D eigenvalue weighted by atomic mass is 10.2. The fourth-order valence-corrected chi connectivity index (χ4v) is 1.75. The summed E-state index contributed by atoms with van der Waals surface area (Å²) in [5.74, 6) is -2.95. The smallest absolute Gasteiger partial charge is 0.311 e. The summed E-state index contributed by atoms with van der Waals surface area (Å²) in [6, 6.07) is 7.35. The van der Waals surface area contributed by atoms with E-state index in [9.17, 15) is 18.9 Å². The Morgan fingerprint density at radius 1 is 1.20 bits per heavy atom. The summed E-state index contributed by atoms with van der Waals surface area (Å²) in [5.41, 5.74) is -0.135. The first-order valence-corrected chi connectivity index (χ1v) is 6.01. The molecule has 0 aromatic heterocycles. The Morgan fingerprint density at radius 3 is 2.35 bits per heavy atom. The maximum absolute atomic E-state index is 13.7. The van der Waals surface area contributed by atoms with Gasteiger partial charge in [-0.1, -0.05) is 12.1 Å². The maximum Gasteiger partial charge on any atom is 0.311 e. The van der Waals surface area contributed by atoms with Crippen LogP contribution in [0.1, 0.15) is 5.56 Å². The lowest BCUT2D eigenvalue weighted by Crippen LogP contribution is -1.97. The van der Waals surface area contributed by atoms with Crippen molar-refractivity contribution in [3.63, 3.8) is 0 Å². The van der Waals surface area contributed by atoms with Crippen LogP contribution >= 0.6 is 11.6 Å². The predicted octanol–water partition coefficient (Wildman–Crippen LogP) is 4.40. The van der Waals surface area contributed by atoms with Crippen LogP contribution in [0.5, 0.6) is 11.5 Å². The molecule has 0 saturated heterocycles. The normalized spacial score (nSPS) is 10.3. The third-order valence-corrected chi connectivity index (χ3v) is 2.79. The van der Waals surface area contributed by atoms with Crippen LogP contribution in [0.4, 0.5) is 14.5 Å². The molecule has 0 radical (unpaired) electrons. The van der Waals surface area contributed by atoms with Crippen LogP contribution in [0.25, 0.3) is 0 Å². The fourth-order valence-electron chi connectivity index (χ4n) is 1.59. The predicted molar refractivity (Wildman–Crippen MR) is 69.1 cm³/mol. The highest BCUT2D eigenvalue weighted by atomic mass is 35.5. The third kappa shape index (κ3) is 2.85. The SMILES string of the molecule is O=[N+]([O-])c1ccccc1Oc1c(F)cc(CCl)cc1F. The van der Waals surface area contributed by atoms with Crippen LogP contribution in [-0.4, -0.2) is 4.92 Å². The van der Waals surface area contributed by atoms with Gasteiger partial charge in [0, 0.05) is 11.9 Å². The molecule has 7 heteroatoms. The van der Waals surface area contributed by atoms with Crippen LogP contribution in [0.3, 0.4) is 0 Å². The quantitative estimate of drug-likeness (QED) is 0.477. The van der Waals surface area contributed by atoms with Crippen LogP contribution in [0.15, 0.2) is 36.4 Å². The zero-order chi connectivity index (χ0) is 14.7. The summed E-state index contributed by atoms with van der Waals surface area (Å²) in [6.07, 6.45) is 0. The van der Waals surface area contributed by atoms with Crippen molar-refractivity contribution < 1.29 is 18.4 Å². The van der Waals surface area contributed by atoms with Gasteiger partial charge in [-0.3, -0.25) is 10.1 Å². The van der Waals surface area contributed by atoms with E-state index in [4.69, 9.17) is 16.3 Å².